The van der Waals surface area contributed by atoms with E-state index in [2.05, 4.69) is 18.9 Å². The molecule has 0 saturated carbocycles. The molecule has 2 rings (SSSR count). The van der Waals surface area contributed by atoms with Gasteiger partial charge in [0.05, 0.1) is 10.6 Å². The summed E-state index contributed by atoms with van der Waals surface area (Å²) in [6.45, 7) is 7.55. The van der Waals surface area contributed by atoms with E-state index in [1.165, 1.54) is 11.3 Å². The molecule has 2 aromatic heterocycles. The van der Waals surface area contributed by atoms with Gasteiger partial charge < -0.3 is 4.90 Å². The molecule has 0 bridgehead atoms. The van der Waals surface area contributed by atoms with Crippen molar-refractivity contribution in [2.75, 3.05) is 6.54 Å². The highest BCUT2D eigenvalue weighted by Gasteiger charge is 2.19. The first kappa shape index (κ1) is 14.8. The summed E-state index contributed by atoms with van der Waals surface area (Å²) >= 11 is 1.50. The number of aryl methyl sites for hydroxylation is 2. The third-order valence-electron chi connectivity index (χ3n) is 3.52. The highest BCUT2D eigenvalue weighted by atomic mass is 32.1. The zero-order chi connectivity index (χ0) is 14.7. The molecule has 0 saturated heterocycles. The van der Waals surface area contributed by atoms with Crippen LogP contribution in [0, 0.1) is 13.8 Å². The van der Waals surface area contributed by atoms with E-state index < -0.39 is 0 Å². The van der Waals surface area contributed by atoms with Gasteiger partial charge in [-0.1, -0.05) is 13.0 Å². The lowest BCUT2D eigenvalue weighted by Crippen LogP contribution is -2.31. The molecule has 5 heteroatoms. The molecular formula is C15H21N3OS. The normalized spacial score (nSPS) is 10.8. The van der Waals surface area contributed by atoms with Crippen molar-refractivity contribution in [1.29, 1.82) is 0 Å². The molecule has 0 atom stereocenters. The number of carbonyl (C=O) groups is 1. The molecule has 0 aliphatic carbocycles. The van der Waals surface area contributed by atoms with E-state index in [0.717, 1.165) is 34.8 Å². The van der Waals surface area contributed by atoms with Crippen LogP contribution in [-0.2, 0) is 13.6 Å². The summed E-state index contributed by atoms with van der Waals surface area (Å²) < 4.78 is 1.88. The summed E-state index contributed by atoms with van der Waals surface area (Å²) in [5, 5.41) is 6.37. The van der Waals surface area contributed by atoms with Crippen molar-refractivity contribution in [3.05, 3.63) is 39.3 Å². The van der Waals surface area contributed by atoms with Crippen molar-refractivity contribution >= 4 is 17.2 Å². The van der Waals surface area contributed by atoms with E-state index in [1.54, 1.807) is 0 Å². The monoisotopic (exact) mass is 291 g/mol. The number of aromatic nitrogens is 2. The summed E-state index contributed by atoms with van der Waals surface area (Å²) in [4.78, 5) is 15.3. The molecule has 0 spiro atoms. The molecule has 2 heterocycles. The van der Waals surface area contributed by atoms with Crippen molar-refractivity contribution in [3.63, 3.8) is 0 Å². The first-order valence-corrected chi connectivity index (χ1v) is 7.74. The van der Waals surface area contributed by atoms with Crippen LogP contribution in [0.2, 0.25) is 0 Å². The van der Waals surface area contributed by atoms with Gasteiger partial charge in [0.2, 0.25) is 0 Å². The Morgan fingerprint density at radius 2 is 2.20 bits per heavy atom. The van der Waals surface area contributed by atoms with Crippen LogP contribution < -0.4 is 0 Å². The minimum Gasteiger partial charge on any atom is -0.333 e. The fourth-order valence-corrected chi connectivity index (χ4v) is 3.01. The number of rotatable bonds is 5. The third-order valence-corrected chi connectivity index (χ3v) is 4.38. The van der Waals surface area contributed by atoms with Crippen LogP contribution in [0.5, 0.6) is 0 Å². The fraction of sp³-hybridized carbons (Fsp3) is 0.467. The molecule has 2 aromatic rings. The van der Waals surface area contributed by atoms with Crippen LogP contribution in [0.1, 0.15) is 40.0 Å². The molecule has 0 aliphatic heterocycles. The highest BCUT2D eigenvalue weighted by Crippen LogP contribution is 2.18. The van der Waals surface area contributed by atoms with Crippen LogP contribution in [-0.4, -0.2) is 27.1 Å². The van der Waals surface area contributed by atoms with Crippen molar-refractivity contribution < 1.29 is 4.79 Å². The van der Waals surface area contributed by atoms with Crippen molar-refractivity contribution in [2.45, 2.75) is 33.7 Å². The Kier molecular flexibility index (Phi) is 4.60. The lowest BCUT2D eigenvalue weighted by Gasteiger charge is -2.21. The van der Waals surface area contributed by atoms with Crippen molar-refractivity contribution in [3.8, 4) is 0 Å². The Morgan fingerprint density at radius 1 is 1.45 bits per heavy atom. The molecule has 0 aliphatic rings. The smallest absolute Gasteiger partial charge is 0.264 e. The molecular weight excluding hydrogens is 270 g/mol. The van der Waals surface area contributed by atoms with E-state index in [1.807, 2.05) is 41.1 Å². The quantitative estimate of drug-likeness (QED) is 0.848. The van der Waals surface area contributed by atoms with Gasteiger partial charge >= 0.3 is 0 Å². The highest BCUT2D eigenvalue weighted by molar-refractivity contribution is 7.12. The van der Waals surface area contributed by atoms with E-state index in [-0.39, 0.29) is 5.91 Å². The minimum absolute atomic E-state index is 0.115. The van der Waals surface area contributed by atoms with Crippen LogP contribution in [0.4, 0.5) is 0 Å². The first-order chi connectivity index (χ1) is 9.54. The number of amides is 1. The summed E-state index contributed by atoms with van der Waals surface area (Å²) in [6.07, 6.45) is 0.954. The fourth-order valence-electron chi connectivity index (χ4n) is 2.32. The maximum atomic E-state index is 12.5. The number of hydrogen-bond acceptors (Lipinski definition) is 3. The lowest BCUT2D eigenvalue weighted by atomic mass is 10.1. The average molecular weight is 291 g/mol. The minimum atomic E-state index is 0.115. The molecule has 20 heavy (non-hydrogen) atoms. The van der Waals surface area contributed by atoms with E-state index in [0.29, 0.717) is 6.54 Å². The maximum Gasteiger partial charge on any atom is 0.264 e. The Bertz CT molecular complexity index is 587. The Morgan fingerprint density at radius 3 is 2.70 bits per heavy atom. The van der Waals surface area contributed by atoms with Crippen LogP contribution in [0.3, 0.4) is 0 Å². The van der Waals surface area contributed by atoms with Gasteiger partial charge in [-0.2, -0.15) is 5.10 Å². The maximum absolute atomic E-state index is 12.5. The summed E-state index contributed by atoms with van der Waals surface area (Å²) in [7, 11) is 1.94. The molecule has 1 amide bonds. The molecule has 0 aromatic carbocycles. The van der Waals surface area contributed by atoms with Gasteiger partial charge in [-0.25, -0.2) is 0 Å². The molecule has 0 radical (unpaired) electrons. The van der Waals surface area contributed by atoms with E-state index in [9.17, 15) is 4.79 Å². The van der Waals surface area contributed by atoms with Gasteiger partial charge in [0.1, 0.15) is 0 Å². The standard InChI is InChI=1S/C15H21N3OS/c1-5-8-18(15(19)14-7-6-9-20-14)10-13-11(2)16-17(4)12(13)3/h6-7,9H,5,8,10H2,1-4H3. The predicted octanol–water partition coefficient (Wildman–Crippen LogP) is 3.15. The van der Waals surface area contributed by atoms with Crippen molar-refractivity contribution in [1.82, 2.24) is 14.7 Å². The van der Waals surface area contributed by atoms with Crippen LogP contribution in [0.15, 0.2) is 17.5 Å². The molecule has 0 N–H and O–H groups in total. The second-order valence-electron chi connectivity index (χ2n) is 4.98. The van der Waals surface area contributed by atoms with Gasteiger partial charge in [0, 0.05) is 31.4 Å². The Hall–Kier alpha value is -1.62. The van der Waals surface area contributed by atoms with Crippen LogP contribution in [0.25, 0.3) is 0 Å². The zero-order valence-corrected chi connectivity index (χ0v) is 13.3. The van der Waals surface area contributed by atoms with E-state index >= 15 is 0 Å². The second-order valence-corrected chi connectivity index (χ2v) is 5.92. The number of thiophene rings is 1. The molecule has 108 valence electrons. The molecule has 0 fully saturated rings. The zero-order valence-electron chi connectivity index (χ0n) is 12.5. The summed E-state index contributed by atoms with van der Waals surface area (Å²) in [5.41, 5.74) is 3.29. The summed E-state index contributed by atoms with van der Waals surface area (Å²) in [5.74, 6) is 0.115. The van der Waals surface area contributed by atoms with Gasteiger partial charge in [0.15, 0.2) is 0 Å². The predicted molar refractivity (Wildman–Crippen MR) is 82.0 cm³/mol. The van der Waals surface area contributed by atoms with Gasteiger partial charge in [-0.15, -0.1) is 11.3 Å². The first-order valence-electron chi connectivity index (χ1n) is 6.86. The Labute approximate surface area is 124 Å². The largest absolute Gasteiger partial charge is 0.333 e. The average Bonchev–Trinajstić information content (AvgIpc) is 3.02. The number of nitrogens with zero attached hydrogens (tertiary/aromatic N) is 3. The van der Waals surface area contributed by atoms with E-state index in [4.69, 9.17) is 0 Å². The van der Waals surface area contributed by atoms with Gasteiger partial charge in [0.25, 0.3) is 5.91 Å². The van der Waals surface area contributed by atoms with Gasteiger partial charge in [-0.3, -0.25) is 9.48 Å². The molecule has 4 nitrogen and oxygen atoms in total. The summed E-state index contributed by atoms with van der Waals surface area (Å²) in [6, 6.07) is 3.81. The lowest BCUT2D eigenvalue weighted by molar-refractivity contribution is 0.0747. The number of carbonyl (C=O) groups excluding carboxylic acids is 1. The SMILES string of the molecule is CCCN(Cc1c(C)nn(C)c1C)C(=O)c1cccs1. The van der Waals surface area contributed by atoms with Gasteiger partial charge in [-0.05, 0) is 31.7 Å². The third kappa shape index (κ3) is 2.93. The number of hydrogen-bond donors (Lipinski definition) is 0. The second kappa shape index (κ2) is 6.22. The Balaban J connectivity index is 2.23. The topological polar surface area (TPSA) is 38.1 Å². The van der Waals surface area contributed by atoms with Crippen molar-refractivity contribution in [2.24, 2.45) is 7.05 Å². The van der Waals surface area contributed by atoms with Crippen LogP contribution >= 0.6 is 11.3 Å². The molecule has 0 unspecified atom stereocenters.